The highest BCUT2D eigenvalue weighted by Crippen LogP contribution is 2.23. The second-order valence-corrected chi connectivity index (χ2v) is 9.51. The van der Waals surface area contributed by atoms with Crippen molar-refractivity contribution >= 4 is 19.9 Å². The lowest BCUT2D eigenvalue weighted by Gasteiger charge is -2.30. The SMILES string of the molecule is Cc1ccc(S(=O)(=O)N2CCC(S(C)(=O)=O)CC2)cc1. The van der Waals surface area contributed by atoms with E-state index in [0.717, 1.165) is 5.56 Å². The Morgan fingerprint density at radius 3 is 1.95 bits per heavy atom. The Kier molecular flexibility index (Phi) is 4.22. The minimum Gasteiger partial charge on any atom is -0.229 e. The molecule has 20 heavy (non-hydrogen) atoms. The zero-order valence-electron chi connectivity index (χ0n) is 11.6. The number of aryl methyl sites for hydroxylation is 1. The van der Waals surface area contributed by atoms with Crippen LogP contribution in [0, 0.1) is 6.92 Å². The normalized spacial score (nSPS) is 19.1. The van der Waals surface area contributed by atoms with E-state index in [1.54, 1.807) is 24.3 Å². The van der Waals surface area contributed by atoms with Gasteiger partial charge in [-0.3, -0.25) is 0 Å². The van der Waals surface area contributed by atoms with Gasteiger partial charge in [-0.05, 0) is 31.9 Å². The molecular weight excluding hydrogens is 298 g/mol. The summed E-state index contributed by atoms with van der Waals surface area (Å²) in [6.07, 6.45) is 1.94. The fourth-order valence-electron chi connectivity index (χ4n) is 2.36. The largest absolute Gasteiger partial charge is 0.243 e. The lowest BCUT2D eigenvalue weighted by Crippen LogP contribution is -2.42. The van der Waals surface area contributed by atoms with E-state index in [4.69, 9.17) is 0 Å². The van der Waals surface area contributed by atoms with Gasteiger partial charge < -0.3 is 0 Å². The number of hydrogen-bond acceptors (Lipinski definition) is 4. The van der Waals surface area contributed by atoms with Crippen LogP contribution < -0.4 is 0 Å². The zero-order valence-corrected chi connectivity index (χ0v) is 13.2. The van der Waals surface area contributed by atoms with E-state index in [1.165, 1.54) is 10.6 Å². The van der Waals surface area contributed by atoms with Crippen molar-refractivity contribution in [2.45, 2.75) is 29.9 Å². The molecule has 0 spiro atoms. The summed E-state index contributed by atoms with van der Waals surface area (Å²) < 4.78 is 49.2. The Morgan fingerprint density at radius 1 is 1.00 bits per heavy atom. The van der Waals surface area contributed by atoms with Crippen molar-refractivity contribution in [3.05, 3.63) is 29.8 Å². The summed E-state index contributed by atoms with van der Waals surface area (Å²) in [6, 6.07) is 6.70. The molecule has 0 unspecified atom stereocenters. The monoisotopic (exact) mass is 317 g/mol. The van der Waals surface area contributed by atoms with Crippen LogP contribution in [0.2, 0.25) is 0 Å². The van der Waals surface area contributed by atoms with Crippen LogP contribution in [0.5, 0.6) is 0 Å². The molecule has 1 aliphatic heterocycles. The van der Waals surface area contributed by atoms with E-state index < -0.39 is 25.1 Å². The summed E-state index contributed by atoms with van der Waals surface area (Å²) in [7, 11) is -6.60. The number of nitrogens with zero attached hydrogens (tertiary/aromatic N) is 1. The summed E-state index contributed by atoms with van der Waals surface area (Å²) in [5.41, 5.74) is 1.000. The van der Waals surface area contributed by atoms with Gasteiger partial charge >= 0.3 is 0 Å². The highest BCUT2D eigenvalue weighted by molar-refractivity contribution is 7.91. The van der Waals surface area contributed by atoms with Crippen LogP contribution in [-0.4, -0.2) is 45.7 Å². The molecular formula is C13H19NO4S2. The van der Waals surface area contributed by atoms with Crippen molar-refractivity contribution in [3.63, 3.8) is 0 Å². The number of sulfone groups is 1. The highest BCUT2D eigenvalue weighted by Gasteiger charge is 2.32. The van der Waals surface area contributed by atoms with Gasteiger partial charge in [-0.25, -0.2) is 16.8 Å². The highest BCUT2D eigenvalue weighted by atomic mass is 32.2. The predicted octanol–water partition coefficient (Wildman–Crippen LogP) is 1.19. The van der Waals surface area contributed by atoms with Crippen molar-refractivity contribution in [1.29, 1.82) is 0 Å². The third-order valence-electron chi connectivity index (χ3n) is 3.67. The summed E-state index contributed by atoms with van der Waals surface area (Å²) >= 11 is 0. The molecule has 0 aromatic heterocycles. The maximum Gasteiger partial charge on any atom is 0.243 e. The second kappa shape index (κ2) is 5.46. The maximum absolute atomic E-state index is 12.4. The Labute approximate surface area is 120 Å². The number of benzene rings is 1. The lowest BCUT2D eigenvalue weighted by atomic mass is 10.2. The third-order valence-corrected chi connectivity index (χ3v) is 7.26. The fraction of sp³-hybridized carbons (Fsp3) is 0.538. The van der Waals surface area contributed by atoms with Crippen LogP contribution in [0.3, 0.4) is 0 Å². The summed E-state index contributed by atoms with van der Waals surface area (Å²) in [5.74, 6) is 0. The van der Waals surface area contributed by atoms with Gasteiger partial charge in [0.05, 0.1) is 10.1 Å². The topological polar surface area (TPSA) is 71.5 Å². The van der Waals surface area contributed by atoms with Crippen LogP contribution in [0.25, 0.3) is 0 Å². The molecule has 1 fully saturated rings. The number of hydrogen-bond donors (Lipinski definition) is 0. The first kappa shape index (κ1) is 15.5. The summed E-state index contributed by atoms with van der Waals surface area (Å²) in [4.78, 5) is 0.265. The molecule has 0 amide bonds. The molecule has 112 valence electrons. The first-order chi connectivity index (χ1) is 9.21. The number of piperidine rings is 1. The van der Waals surface area contributed by atoms with Gasteiger partial charge in [-0.15, -0.1) is 0 Å². The average molecular weight is 317 g/mol. The van der Waals surface area contributed by atoms with Gasteiger partial charge in [0, 0.05) is 19.3 Å². The number of sulfonamides is 1. The van der Waals surface area contributed by atoms with Crippen molar-refractivity contribution < 1.29 is 16.8 Å². The van der Waals surface area contributed by atoms with Crippen LogP contribution >= 0.6 is 0 Å². The van der Waals surface area contributed by atoms with E-state index in [1.807, 2.05) is 6.92 Å². The molecule has 1 heterocycles. The molecule has 0 atom stereocenters. The Hall–Kier alpha value is -0.920. The molecule has 1 saturated heterocycles. The zero-order chi connectivity index (χ0) is 15.0. The van der Waals surface area contributed by atoms with Crippen molar-refractivity contribution in [2.24, 2.45) is 0 Å². The van der Waals surface area contributed by atoms with E-state index in [0.29, 0.717) is 12.8 Å². The molecule has 5 nitrogen and oxygen atoms in total. The second-order valence-electron chi connectivity index (χ2n) is 5.25. The molecule has 0 saturated carbocycles. The predicted molar refractivity (Wildman–Crippen MR) is 77.8 cm³/mol. The molecule has 1 aliphatic rings. The molecule has 2 rings (SSSR count). The minimum atomic E-state index is -3.51. The molecule has 1 aromatic carbocycles. The van der Waals surface area contributed by atoms with Crippen molar-refractivity contribution in [2.75, 3.05) is 19.3 Å². The van der Waals surface area contributed by atoms with Crippen LogP contribution in [-0.2, 0) is 19.9 Å². The summed E-state index contributed by atoms with van der Waals surface area (Å²) in [5, 5.41) is -0.424. The minimum absolute atomic E-state index is 0.258. The van der Waals surface area contributed by atoms with Gasteiger partial charge in [-0.1, -0.05) is 17.7 Å². The lowest BCUT2D eigenvalue weighted by molar-refractivity contribution is 0.346. The van der Waals surface area contributed by atoms with Gasteiger partial charge in [0.1, 0.15) is 9.84 Å². The van der Waals surface area contributed by atoms with Crippen molar-refractivity contribution in [1.82, 2.24) is 4.31 Å². The van der Waals surface area contributed by atoms with E-state index in [9.17, 15) is 16.8 Å². The maximum atomic E-state index is 12.4. The molecule has 0 N–H and O–H groups in total. The smallest absolute Gasteiger partial charge is 0.229 e. The van der Waals surface area contributed by atoms with E-state index in [2.05, 4.69) is 0 Å². The van der Waals surface area contributed by atoms with E-state index >= 15 is 0 Å². The molecule has 0 radical (unpaired) electrons. The van der Waals surface area contributed by atoms with E-state index in [-0.39, 0.29) is 18.0 Å². The molecule has 1 aromatic rings. The summed E-state index contributed by atoms with van der Waals surface area (Å²) in [6.45, 7) is 2.41. The molecule has 7 heteroatoms. The first-order valence-electron chi connectivity index (χ1n) is 6.47. The third kappa shape index (κ3) is 3.21. The fourth-order valence-corrected chi connectivity index (χ4v) is 4.90. The van der Waals surface area contributed by atoms with Gasteiger partial charge in [0.15, 0.2) is 0 Å². The van der Waals surface area contributed by atoms with Crippen molar-refractivity contribution in [3.8, 4) is 0 Å². The van der Waals surface area contributed by atoms with Crippen LogP contribution in [0.4, 0.5) is 0 Å². The Bertz CT molecular complexity index is 670. The van der Waals surface area contributed by atoms with Gasteiger partial charge in [0.25, 0.3) is 0 Å². The standard InChI is InChI=1S/C13H19NO4S2/c1-11-3-5-13(6-4-11)20(17,18)14-9-7-12(8-10-14)19(2,15)16/h3-6,12H,7-10H2,1-2H3. The average Bonchev–Trinajstić information content (AvgIpc) is 2.38. The molecule has 0 bridgehead atoms. The Balaban J connectivity index is 2.15. The van der Waals surface area contributed by atoms with Gasteiger partial charge in [0.2, 0.25) is 10.0 Å². The quantitative estimate of drug-likeness (QED) is 0.839. The first-order valence-corrected chi connectivity index (χ1v) is 9.86. The van der Waals surface area contributed by atoms with Crippen LogP contribution in [0.15, 0.2) is 29.2 Å². The molecule has 0 aliphatic carbocycles. The Morgan fingerprint density at radius 2 is 1.50 bits per heavy atom. The number of rotatable bonds is 3. The van der Waals surface area contributed by atoms with Crippen LogP contribution in [0.1, 0.15) is 18.4 Å². The van der Waals surface area contributed by atoms with Gasteiger partial charge in [-0.2, -0.15) is 4.31 Å².